The van der Waals surface area contributed by atoms with Crippen molar-refractivity contribution in [2.75, 3.05) is 0 Å². The number of hydrogen-bond acceptors (Lipinski definition) is 3. The van der Waals surface area contributed by atoms with E-state index in [1.165, 1.54) is 6.26 Å². The van der Waals surface area contributed by atoms with Gasteiger partial charge in [0.05, 0.1) is 11.0 Å². The number of benzene rings is 1. The van der Waals surface area contributed by atoms with Gasteiger partial charge >= 0.3 is 0 Å². The minimum atomic E-state index is -0.367. The molecule has 3 rings (SSSR count). The zero-order valence-corrected chi connectivity index (χ0v) is 8.71. The van der Waals surface area contributed by atoms with E-state index in [0.29, 0.717) is 21.4 Å². The largest absolute Gasteiger partial charge is 0.480 e. The van der Waals surface area contributed by atoms with Gasteiger partial charge in [0.15, 0.2) is 0 Å². The van der Waals surface area contributed by atoms with Gasteiger partial charge in [-0.05, 0) is 18.2 Å². The third-order valence-corrected chi connectivity index (χ3v) is 2.73. The number of pyridine rings is 1. The molecule has 0 saturated carbocycles. The molecule has 0 radical (unpaired) electrons. The highest BCUT2D eigenvalue weighted by Crippen LogP contribution is 2.25. The zero-order valence-electron chi connectivity index (χ0n) is 7.95. The molecule has 80 valence electrons. The molecular weight excluding hydrogens is 230 g/mol. The molecule has 4 nitrogen and oxygen atoms in total. The summed E-state index contributed by atoms with van der Waals surface area (Å²) in [5.41, 5.74) is 0.801. The lowest BCUT2D eigenvalue weighted by molar-refractivity contribution is 0.337. The van der Waals surface area contributed by atoms with Crippen LogP contribution in [0.4, 0.5) is 0 Å². The second-order valence-corrected chi connectivity index (χ2v) is 3.91. The predicted molar refractivity (Wildman–Crippen MR) is 61.0 cm³/mol. The lowest BCUT2D eigenvalue weighted by Crippen LogP contribution is -2.02. The van der Waals surface area contributed by atoms with E-state index in [-0.39, 0.29) is 16.8 Å². The molecule has 0 amide bonds. The van der Waals surface area contributed by atoms with Crippen LogP contribution in [-0.4, -0.2) is 10.1 Å². The molecule has 0 spiro atoms. The molecule has 1 aromatic carbocycles. The number of nitrogens with one attached hydrogen (secondary N) is 1. The maximum absolute atomic E-state index is 12.0. The maximum Gasteiger partial charge on any atom is 0.295 e. The molecule has 0 aliphatic heterocycles. The highest BCUT2D eigenvalue weighted by Gasteiger charge is 2.12. The molecule has 2 aromatic heterocycles. The van der Waals surface area contributed by atoms with Gasteiger partial charge in [-0.2, -0.15) is 0 Å². The number of hydrogen-bond donors (Lipinski definition) is 2. The zero-order chi connectivity index (χ0) is 11.3. The average molecular weight is 236 g/mol. The van der Waals surface area contributed by atoms with Gasteiger partial charge in [0.2, 0.25) is 5.43 Å². The van der Waals surface area contributed by atoms with E-state index in [9.17, 15) is 9.90 Å². The van der Waals surface area contributed by atoms with Crippen molar-refractivity contribution in [2.45, 2.75) is 0 Å². The van der Waals surface area contributed by atoms with E-state index < -0.39 is 0 Å². The van der Waals surface area contributed by atoms with Crippen LogP contribution in [-0.2, 0) is 0 Å². The Morgan fingerprint density at radius 2 is 2.12 bits per heavy atom. The summed E-state index contributed by atoms with van der Waals surface area (Å²) in [6.45, 7) is 0. The molecule has 0 fully saturated rings. The van der Waals surface area contributed by atoms with Crippen LogP contribution in [0.1, 0.15) is 0 Å². The number of aromatic hydroxyl groups is 1. The molecule has 0 aliphatic carbocycles. The Morgan fingerprint density at radius 1 is 1.31 bits per heavy atom. The fourth-order valence-corrected chi connectivity index (χ4v) is 1.93. The fourth-order valence-electron chi connectivity index (χ4n) is 1.76. The van der Waals surface area contributed by atoms with E-state index in [1.54, 1.807) is 18.2 Å². The second-order valence-electron chi connectivity index (χ2n) is 3.47. The highest BCUT2D eigenvalue weighted by atomic mass is 35.5. The van der Waals surface area contributed by atoms with E-state index in [4.69, 9.17) is 16.0 Å². The van der Waals surface area contributed by atoms with E-state index in [1.807, 2.05) is 0 Å². The minimum Gasteiger partial charge on any atom is -0.480 e. The van der Waals surface area contributed by atoms with E-state index in [0.717, 1.165) is 0 Å². The van der Waals surface area contributed by atoms with Crippen LogP contribution in [0.5, 0.6) is 5.95 Å². The summed E-state index contributed by atoms with van der Waals surface area (Å²) in [4.78, 5) is 15.0. The number of furan rings is 1. The van der Waals surface area contributed by atoms with Crippen molar-refractivity contribution in [3.8, 4) is 5.95 Å². The van der Waals surface area contributed by atoms with Gasteiger partial charge < -0.3 is 14.5 Å². The molecule has 3 aromatic rings. The highest BCUT2D eigenvalue weighted by molar-refractivity contribution is 6.31. The minimum absolute atomic E-state index is 0.162. The first-order chi connectivity index (χ1) is 7.66. The molecule has 2 heterocycles. The van der Waals surface area contributed by atoms with Crippen LogP contribution in [0.2, 0.25) is 5.02 Å². The molecule has 0 unspecified atom stereocenters. The van der Waals surface area contributed by atoms with Gasteiger partial charge in [-0.25, -0.2) is 0 Å². The van der Waals surface area contributed by atoms with E-state index in [2.05, 4.69) is 4.98 Å². The summed E-state index contributed by atoms with van der Waals surface area (Å²) >= 11 is 5.83. The molecule has 5 heteroatoms. The molecular formula is C11H6ClNO3. The normalized spacial score (nSPS) is 11.3. The van der Waals surface area contributed by atoms with Gasteiger partial charge in [0, 0.05) is 10.4 Å². The molecule has 2 N–H and O–H groups in total. The molecule has 0 atom stereocenters. The van der Waals surface area contributed by atoms with Crippen molar-refractivity contribution >= 4 is 33.4 Å². The SMILES string of the molecule is O=c1c2ccc(Cl)cc2[nH]c2coc(O)c12. The van der Waals surface area contributed by atoms with Crippen LogP contribution in [0, 0.1) is 0 Å². The standard InChI is InChI=1S/C11H6ClNO3/c12-5-1-2-6-7(3-5)13-8-4-16-11(15)9(8)10(6)14/h1-4,13,15H. The van der Waals surface area contributed by atoms with Crippen LogP contribution in [0.3, 0.4) is 0 Å². The molecule has 0 bridgehead atoms. The number of aromatic amines is 1. The van der Waals surface area contributed by atoms with Crippen LogP contribution in [0.25, 0.3) is 21.8 Å². The average Bonchev–Trinajstić information content (AvgIpc) is 2.60. The van der Waals surface area contributed by atoms with Crippen molar-refractivity contribution in [1.29, 1.82) is 0 Å². The monoisotopic (exact) mass is 235 g/mol. The van der Waals surface area contributed by atoms with Crippen molar-refractivity contribution < 1.29 is 9.52 Å². The number of rotatable bonds is 0. The third-order valence-electron chi connectivity index (χ3n) is 2.49. The van der Waals surface area contributed by atoms with Crippen LogP contribution in [0.15, 0.2) is 33.7 Å². The lowest BCUT2D eigenvalue weighted by Gasteiger charge is -1.98. The second kappa shape index (κ2) is 3.02. The van der Waals surface area contributed by atoms with Crippen molar-refractivity contribution in [3.05, 3.63) is 39.7 Å². The topological polar surface area (TPSA) is 66.2 Å². The number of H-pyrrole nitrogens is 1. The Balaban J connectivity index is 2.63. The predicted octanol–water partition coefficient (Wildman–Crippen LogP) is 2.63. The van der Waals surface area contributed by atoms with Gasteiger partial charge in [0.25, 0.3) is 5.95 Å². The Hall–Kier alpha value is -1.94. The Kier molecular flexibility index (Phi) is 1.76. The molecule has 0 aliphatic rings. The summed E-state index contributed by atoms with van der Waals surface area (Å²) in [5, 5.41) is 10.6. The third kappa shape index (κ3) is 1.13. The van der Waals surface area contributed by atoms with Gasteiger partial charge in [-0.1, -0.05) is 11.6 Å². The summed E-state index contributed by atoms with van der Waals surface area (Å²) in [6.07, 6.45) is 1.30. The first-order valence-electron chi connectivity index (χ1n) is 4.58. The van der Waals surface area contributed by atoms with Crippen molar-refractivity contribution in [2.24, 2.45) is 0 Å². The van der Waals surface area contributed by atoms with Gasteiger partial charge in [-0.3, -0.25) is 4.79 Å². The first kappa shape index (κ1) is 9.30. The van der Waals surface area contributed by atoms with Gasteiger partial charge in [-0.15, -0.1) is 0 Å². The fraction of sp³-hybridized carbons (Fsp3) is 0. The quantitative estimate of drug-likeness (QED) is 0.629. The summed E-state index contributed by atoms with van der Waals surface area (Å²) in [5.74, 6) is -0.367. The van der Waals surface area contributed by atoms with Gasteiger partial charge in [0.1, 0.15) is 11.6 Å². The van der Waals surface area contributed by atoms with Crippen molar-refractivity contribution in [1.82, 2.24) is 4.98 Å². The lowest BCUT2D eigenvalue weighted by atomic mass is 10.1. The summed E-state index contributed by atoms with van der Waals surface area (Å²) < 4.78 is 4.79. The van der Waals surface area contributed by atoms with Crippen LogP contribution < -0.4 is 5.43 Å². The summed E-state index contributed by atoms with van der Waals surface area (Å²) in [6, 6.07) is 4.90. The smallest absolute Gasteiger partial charge is 0.295 e. The number of halogens is 1. The Morgan fingerprint density at radius 3 is 2.94 bits per heavy atom. The van der Waals surface area contributed by atoms with Crippen molar-refractivity contribution in [3.63, 3.8) is 0 Å². The maximum atomic E-state index is 12.0. The number of aromatic nitrogens is 1. The van der Waals surface area contributed by atoms with Crippen LogP contribution >= 0.6 is 11.6 Å². The summed E-state index contributed by atoms with van der Waals surface area (Å²) in [7, 11) is 0. The first-order valence-corrected chi connectivity index (χ1v) is 4.96. The number of fused-ring (bicyclic) bond motifs is 2. The Labute approximate surface area is 94.1 Å². The van der Waals surface area contributed by atoms with E-state index >= 15 is 0 Å². The molecule has 0 saturated heterocycles. The molecule has 16 heavy (non-hydrogen) atoms. The Bertz CT molecular complexity index is 757.